The highest BCUT2D eigenvalue weighted by atomic mass is 32.2. The molecule has 0 saturated carbocycles. The fourth-order valence-corrected chi connectivity index (χ4v) is 4.57. The van der Waals surface area contributed by atoms with Crippen LogP contribution < -0.4 is 4.90 Å². The quantitative estimate of drug-likeness (QED) is 0.840. The Labute approximate surface area is 158 Å². The van der Waals surface area contributed by atoms with Crippen LogP contribution in [0.15, 0.2) is 53.4 Å². The lowest BCUT2D eigenvalue weighted by molar-refractivity contribution is -0.136. The van der Waals surface area contributed by atoms with E-state index in [9.17, 15) is 13.2 Å². The highest BCUT2D eigenvalue weighted by molar-refractivity contribution is 7.89. The summed E-state index contributed by atoms with van der Waals surface area (Å²) in [5.74, 6) is -0.999. The number of aliphatic carboxylic acids is 1. The predicted octanol–water partition coefficient (Wildman–Crippen LogP) is 1.70. The van der Waals surface area contributed by atoms with E-state index >= 15 is 0 Å². The third-order valence-corrected chi connectivity index (χ3v) is 6.39. The first-order valence-electron chi connectivity index (χ1n) is 8.46. The second-order valence-corrected chi connectivity index (χ2v) is 8.21. The minimum absolute atomic E-state index is 0.119. The maximum Gasteiger partial charge on any atom is 0.307 e. The SMILES string of the molecule is N#Cc1ccc(N2CCN(S(=O)(=O)c3cccc(CC(=O)O)c3)CC2)cc1. The van der Waals surface area contributed by atoms with Crippen molar-refractivity contribution in [1.29, 1.82) is 5.26 Å². The normalized spacial score (nSPS) is 15.3. The fourth-order valence-electron chi connectivity index (χ4n) is 3.07. The van der Waals surface area contributed by atoms with E-state index in [1.54, 1.807) is 24.3 Å². The summed E-state index contributed by atoms with van der Waals surface area (Å²) in [4.78, 5) is 13.1. The number of rotatable bonds is 5. The summed E-state index contributed by atoms with van der Waals surface area (Å²) < 4.78 is 27.2. The van der Waals surface area contributed by atoms with Crippen LogP contribution >= 0.6 is 0 Å². The third kappa shape index (κ3) is 4.27. The zero-order valence-corrected chi connectivity index (χ0v) is 15.4. The van der Waals surface area contributed by atoms with Gasteiger partial charge in [0.1, 0.15) is 0 Å². The molecule has 0 atom stereocenters. The minimum Gasteiger partial charge on any atom is -0.481 e. The largest absolute Gasteiger partial charge is 0.481 e. The summed E-state index contributed by atoms with van der Waals surface area (Å²) in [7, 11) is -3.67. The molecular formula is C19H19N3O4S. The zero-order chi connectivity index (χ0) is 19.4. The summed E-state index contributed by atoms with van der Waals surface area (Å²) in [5.41, 5.74) is 2.00. The molecular weight excluding hydrogens is 366 g/mol. The molecule has 3 rings (SSSR count). The predicted molar refractivity (Wildman–Crippen MR) is 99.9 cm³/mol. The molecule has 0 radical (unpaired) electrons. The molecule has 1 aliphatic rings. The highest BCUT2D eigenvalue weighted by Gasteiger charge is 2.28. The van der Waals surface area contributed by atoms with Crippen molar-refractivity contribution in [2.45, 2.75) is 11.3 Å². The number of nitrogens with zero attached hydrogens (tertiary/aromatic N) is 3. The molecule has 1 fully saturated rings. The number of carbonyl (C=O) groups is 1. The monoisotopic (exact) mass is 385 g/mol. The number of piperazine rings is 1. The van der Waals surface area contributed by atoms with Gasteiger partial charge in [-0.05, 0) is 42.0 Å². The first-order chi connectivity index (χ1) is 12.9. The van der Waals surface area contributed by atoms with E-state index < -0.39 is 16.0 Å². The Balaban J connectivity index is 1.71. The highest BCUT2D eigenvalue weighted by Crippen LogP contribution is 2.22. The van der Waals surface area contributed by atoms with Crippen LogP contribution in [0.4, 0.5) is 5.69 Å². The van der Waals surface area contributed by atoms with Gasteiger partial charge in [0.05, 0.1) is 22.9 Å². The third-order valence-electron chi connectivity index (χ3n) is 4.49. The lowest BCUT2D eigenvalue weighted by Gasteiger charge is -2.35. The Kier molecular flexibility index (Phi) is 5.44. The van der Waals surface area contributed by atoms with E-state index in [4.69, 9.17) is 10.4 Å². The van der Waals surface area contributed by atoms with Gasteiger partial charge in [0.2, 0.25) is 10.0 Å². The van der Waals surface area contributed by atoms with E-state index in [0.29, 0.717) is 37.3 Å². The molecule has 0 aromatic heterocycles. The average Bonchev–Trinajstić information content (AvgIpc) is 2.68. The molecule has 2 aromatic carbocycles. The number of benzene rings is 2. The molecule has 0 aliphatic carbocycles. The second-order valence-electron chi connectivity index (χ2n) is 6.27. The Morgan fingerprint density at radius 3 is 2.33 bits per heavy atom. The number of anilines is 1. The maximum atomic E-state index is 12.9. The molecule has 7 nitrogen and oxygen atoms in total. The topological polar surface area (TPSA) is 102 Å². The molecule has 27 heavy (non-hydrogen) atoms. The molecule has 0 spiro atoms. The van der Waals surface area contributed by atoms with Crippen molar-refractivity contribution in [3.63, 3.8) is 0 Å². The summed E-state index contributed by atoms with van der Waals surface area (Å²) in [6, 6.07) is 15.4. The van der Waals surface area contributed by atoms with Crippen molar-refractivity contribution >= 4 is 21.7 Å². The minimum atomic E-state index is -3.67. The van der Waals surface area contributed by atoms with Crippen LogP contribution in [0, 0.1) is 11.3 Å². The molecule has 140 valence electrons. The number of carboxylic acid groups (broad SMARTS) is 1. The molecule has 1 N–H and O–H groups in total. The zero-order valence-electron chi connectivity index (χ0n) is 14.6. The number of hydrogen-bond acceptors (Lipinski definition) is 5. The van der Waals surface area contributed by atoms with Crippen LogP contribution in [0.5, 0.6) is 0 Å². The van der Waals surface area contributed by atoms with Crippen LogP contribution in [0.1, 0.15) is 11.1 Å². The van der Waals surface area contributed by atoms with Crippen LogP contribution in [0.2, 0.25) is 0 Å². The fraction of sp³-hybridized carbons (Fsp3) is 0.263. The van der Waals surface area contributed by atoms with Crippen LogP contribution in [0.25, 0.3) is 0 Å². The summed E-state index contributed by atoms with van der Waals surface area (Å²) in [6.07, 6.45) is -0.212. The Hall–Kier alpha value is -2.89. The van der Waals surface area contributed by atoms with Gasteiger partial charge in [0, 0.05) is 31.9 Å². The van der Waals surface area contributed by atoms with Gasteiger partial charge >= 0.3 is 5.97 Å². The number of sulfonamides is 1. The summed E-state index contributed by atoms with van der Waals surface area (Å²) in [5, 5.41) is 17.8. The lowest BCUT2D eigenvalue weighted by Crippen LogP contribution is -2.48. The van der Waals surface area contributed by atoms with Gasteiger partial charge < -0.3 is 10.0 Å². The van der Waals surface area contributed by atoms with Crippen molar-refractivity contribution in [3.05, 3.63) is 59.7 Å². The molecule has 0 amide bonds. The molecule has 1 aliphatic heterocycles. The molecule has 8 heteroatoms. The molecule has 0 unspecified atom stereocenters. The van der Waals surface area contributed by atoms with Crippen molar-refractivity contribution in [2.24, 2.45) is 0 Å². The van der Waals surface area contributed by atoms with E-state index in [-0.39, 0.29) is 11.3 Å². The van der Waals surface area contributed by atoms with Gasteiger partial charge in [-0.1, -0.05) is 12.1 Å². The molecule has 1 saturated heterocycles. The number of carboxylic acids is 1. The van der Waals surface area contributed by atoms with Crippen molar-refractivity contribution in [1.82, 2.24) is 4.31 Å². The maximum absolute atomic E-state index is 12.9. The average molecular weight is 385 g/mol. The van der Waals surface area contributed by atoms with Gasteiger partial charge in [-0.2, -0.15) is 9.57 Å². The molecule has 0 bridgehead atoms. The van der Waals surface area contributed by atoms with Gasteiger partial charge in [-0.3, -0.25) is 4.79 Å². The lowest BCUT2D eigenvalue weighted by atomic mass is 10.2. The molecule has 2 aromatic rings. The number of hydrogen-bond donors (Lipinski definition) is 1. The van der Waals surface area contributed by atoms with Gasteiger partial charge in [0.25, 0.3) is 0 Å². The van der Waals surface area contributed by atoms with E-state index in [1.807, 2.05) is 12.1 Å². The van der Waals surface area contributed by atoms with Gasteiger partial charge in [-0.25, -0.2) is 8.42 Å². The first-order valence-corrected chi connectivity index (χ1v) is 9.90. The van der Waals surface area contributed by atoms with Gasteiger partial charge in [-0.15, -0.1) is 0 Å². The Morgan fingerprint density at radius 2 is 1.74 bits per heavy atom. The van der Waals surface area contributed by atoms with E-state index in [0.717, 1.165) is 5.69 Å². The second kappa shape index (κ2) is 7.78. The number of nitriles is 1. The molecule has 1 heterocycles. The van der Waals surface area contributed by atoms with E-state index in [2.05, 4.69) is 11.0 Å². The van der Waals surface area contributed by atoms with Crippen molar-refractivity contribution in [2.75, 3.05) is 31.1 Å². The first kappa shape index (κ1) is 18.9. The van der Waals surface area contributed by atoms with Crippen LogP contribution in [-0.4, -0.2) is 50.0 Å². The van der Waals surface area contributed by atoms with Gasteiger partial charge in [0.15, 0.2) is 0 Å². The van der Waals surface area contributed by atoms with Crippen molar-refractivity contribution < 1.29 is 18.3 Å². The summed E-state index contributed by atoms with van der Waals surface area (Å²) in [6.45, 7) is 1.76. The Bertz CT molecular complexity index is 973. The summed E-state index contributed by atoms with van der Waals surface area (Å²) >= 11 is 0. The smallest absolute Gasteiger partial charge is 0.307 e. The standard InChI is InChI=1S/C19H19N3O4S/c20-14-15-4-6-17(7-5-15)21-8-10-22(11-9-21)27(25,26)18-3-1-2-16(12-18)13-19(23)24/h1-7,12H,8-11,13H2,(H,23,24). The van der Waals surface area contributed by atoms with E-state index in [1.165, 1.54) is 16.4 Å². The van der Waals surface area contributed by atoms with Crippen LogP contribution in [-0.2, 0) is 21.2 Å². The van der Waals surface area contributed by atoms with Crippen LogP contribution in [0.3, 0.4) is 0 Å². The Morgan fingerprint density at radius 1 is 1.07 bits per heavy atom. The van der Waals surface area contributed by atoms with Crippen molar-refractivity contribution in [3.8, 4) is 6.07 Å².